The highest BCUT2D eigenvalue weighted by atomic mass is 19.1. The van der Waals surface area contributed by atoms with Gasteiger partial charge in [0, 0.05) is 18.7 Å². The van der Waals surface area contributed by atoms with Crippen LogP contribution in [0.2, 0.25) is 0 Å². The van der Waals surface area contributed by atoms with E-state index in [-0.39, 0.29) is 6.61 Å². The van der Waals surface area contributed by atoms with Crippen molar-refractivity contribution in [3.05, 3.63) is 23.6 Å². The number of nitrogens with zero attached hydrogens (tertiary/aromatic N) is 2. The maximum absolute atomic E-state index is 12.9. The molecule has 0 aliphatic carbocycles. The Bertz CT molecular complexity index is 317. The number of anilines is 1. The summed E-state index contributed by atoms with van der Waals surface area (Å²) in [6, 6.07) is 1.33. The van der Waals surface area contributed by atoms with E-state index in [9.17, 15) is 4.39 Å². The van der Waals surface area contributed by atoms with E-state index in [0.29, 0.717) is 11.4 Å². The SMILES string of the molecule is CCCN(CC)c1ncc(F)cc1CO. The molecule has 1 heterocycles. The Hall–Kier alpha value is -1.16. The minimum absolute atomic E-state index is 0.180. The molecule has 0 aliphatic heterocycles. The third kappa shape index (κ3) is 2.89. The molecule has 0 radical (unpaired) electrons. The van der Waals surface area contributed by atoms with Gasteiger partial charge in [0.05, 0.1) is 12.8 Å². The fraction of sp³-hybridized carbons (Fsp3) is 0.545. The van der Waals surface area contributed by atoms with Crippen molar-refractivity contribution in [1.29, 1.82) is 0 Å². The van der Waals surface area contributed by atoms with Gasteiger partial charge in [-0.25, -0.2) is 9.37 Å². The molecular formula is C11H17FN2O. The van der Waals surface area contributed by atoms with Gasteiger partial charge < -0.3 is 10.0 Å². The monoisotopic (exact) mass is 212 g/mol. The highest BCUT2D eigenvalue weighted by molar-refractivity contribution is 5.46. The van der Waals surface area contributed by atoms with Crippen molar-refractivity contribution in [2.24, 2.45) is 0 Å². The minimum atomic E-state index is -0.407. The van der Waals surface area contributed by atoms with Gasteiger partial charge in [0.1, 0.15) is 11.6 Å². The van der Waals surface area contributed by atoms with E-state index in [1.807, 2.05) is 11.8 Å². The van der Waals surface area contributed by atoms with E-state index >= 15 is 0 Å². The summed E-state index contributed by atoms with van der Waals surface area (Å²) in [6.45, 7) is 5.58. The van der Waals surface area contributed by atoms with Crippen LogP contribution < -0.4 is 4.90 Å². The fourth-order valence-electron chi connectivity index (χ4n) is 1.56. The maximum Gasteiger partial charge on any atom is 0.142 e. The molecule has 0 aliphatic rings. The quantitative estimate of drug-likeness (QED) is 0.810. The molecule has 15 heavy (non-hydrogen) atoms. The second-order valence-electron chi connectivity index (χ2n) is 3.37. The summed E-state index contributed by atoms with van der Waals surface area (Å²) in [4.78, 5) is 6.06. The van der Waals surface area contributed by atoms with Gasteiger partial charge in [-0.3, -0.25) is 0 Å². The second-order valence-corrected chi connectivity index (χ2v) is 3.37. The smallest absolute Gasteiger partial charge is 0.142 e. The van der Waals surface area contributed by atoms with E-state index in [4.69, 9.17) is 5.11 Å². The van der Waals surface area contributed by atoms with Crippen molar-refractivity contribution < 1.29 is 9.50 Å². The van der Waals surface area contributed by atoms with Crippen LogP contribution in [0.25, 0.3) is 0 Å². The predicted molar refractivity (Wildman–Crippen MR) is 58.3 cm³/mol. The molecule has 0 atom stereocenters. The van der Waals surface area contributed by atoms with Crippen LogP contribution >= 0.6 is 0 Å². The van der Waals surface area contributed by atoms with Crippen LogP contribution in [0.15, 0.2) is 12.3 Å². The summed E-state index contributed by atoms with van der Waals surface area (Å²) in [7, 11) is 0. The number of aliphatic hydroxyl groups excluding tert-OH is 1. The first-order valence-electron chi connectivity index (χ1n) is 5.23. The van der Waals surface area contributed by atoms with Crippen molar-refractivity contribution in [2.45, 2.75) is 26.9 Å². The molecule has 4 heteroatoms. The van der Waals surface area contributed by atoms with Crippen molar-refractivity contribution >= 4 is 5.82 Å². The fourth-order valence-corrected chi connectivity index (χ4v) is 1.56. The number of halogens is 1. The lowest BCUT2D eigenvalue weighted by molar-refractivity contribution is 0.281. The van der Waals surface area contributed by atoms with E-state index in [0.717, 1.165) is 19.5 Å². The second kappa shape index (κ2) is 5.66. The number of rotatable bonds is 5. The predicted octanol–water partition coefficient (Wildman–Crippen LogP) is 1.95. The van der Waals surface area contributed by atoms with Gasteiger partial charge >= 0.3 is 0 Å². The van der Waals surface area contributed by atoms with Gasteiger partial charge in [-0.1, -0.05) is 6.92 Å². The first-order chi connectivity index (χ1) is 7.22. The number of aliphatic hydroxyl groups is 1. The Morgan fingerprint density at radius 1 is 1.47 bits per heavy atom. The molecule has 0 saturated carbocycles. The lowest BCUT2D eigenvalue weighted by Gasteiger charge is -2.23. The molecule has 84 valence electrons. The molecule has 0 spiro atoms. The molecule has 0 saturated heterocycles. The number of hydrogen-bond donors (Lipinski definition) is 1. The van der Waals surface area contributed by atoms with E-state index < -0.39 is 5.82 Å². The Morgan fingerprint density at radius 3 is 2.73 bits per heavy atom. The van der Waals surface area contributed by atoms with Crippen molar-refractivity contribution in [3.63, 3.8) is 0 Å². The highest BCUT2D eigenvalue weighted by Gasteiger charge is 2.10. The first kappa shape index (κ1) is 11.9. The van der Waals surface area contributed by atoms with Crippen LogP contribution in [0.1, 0.15) is 25.8 Å². The maximum atomic E-state index is 12.9. The van der Waals surface area contributed by atoms with E-state index in [1.165, 1.54) is 12.3 Å². The molecule has 1 aromatic heterocycles. The summed E-state index contributed by atoms with van der Waals surface area (Å²) >= 11 is 0. The van der Waals surface area contributed by atoms with Crippen LogP contribution in [0, 0.1) is 5.82 Å². The lowest BCUT2D eigenvalue weighted by Crippen LogP contribution is -2.25. The van der Waals surface area contributed by atoms with Crippen LogP contribution in [-0.4, -0.2) is 23.2 Å². The highest BCUT2D eigenvalue weighted by Crippen LogP contribution is 2.18. The zero-order chi connectivity index (χ0) is 11.3. The third-order valence-corrected chi connectivity index (χ3v) is 2.25. The van der Waals surface area contributed by atoms with Crippen molar-refractivity contribution in [3.8, 4) is 0 Å². The number of aromatic nitrogens is 1. The number of pyridine rings is 1. The van der Waals surface area contributed by atoms with Gasteiger partial charge in [-0.05, 0) is 19.4 Å². The standard InChI is InChI=1S/C11H17FN2O/c1-3-5-14(4-2)11-9(8-15)6-10(12)7-13-11/h6-7,15H,3-5,8H2,1-2H3. The molecule has 1 N–H and O–H groups in total. The van der Waals surface area contributed by atoms with Gasteiger partial charge in [0.25, 0.3) is 0 Å². The molecular weight excluding hydrogens is 195 g/mol. The van der Waals surface area contributed by atoms with E-state index in [2.05, 4.69) is 11.9 Å². The topological polar surface area (TPSA) is 36.4 Å². The summed E-state index contributed by atoms with van der Waals surface area (Å²) in [5, 5.41) is 9.12. The lowest BCUT2D eigenvalue weighted by atomic mass is 10.2. The van der Waals surface area contributed by atoms with Gasteiger partial charge in [-0.2, -0.15) is 0 Å². The summed E-state index contributed by atoms with van der Waals surface area (Å²) < 4.78 is 12.9. The molecule has 0 aromatic carbocycles. The Balaban J connectivity index is 2.99. The number of hydrogen-bond acceptors (Lipinski definition) is 3. The summed E-state index contributed by atoms with van der Waals surface area (Å²) in [5.74, 6) is 0.276. The van der Waals surface area contributed by atoms with Crippen LogP contribution in [0.3, 0.4) is 0 Å². The molecule has 3 nitrogen and oxygen atoms in total. The Kier molecular flexibility index (Phi) is 4.49. The largest absolute Gasteiger partial charge is 0.392 e. The van der Waals surface area contributed by atoms with E-state index in [1.54, 1.807) is 0 Å². The Morgan fingerprint density at radius 2 is 2.20 bits per heavy atom. The van der Waals surface area contributed by atoms with Crippen molar-refractivity contribution in [1.82, 2.24) is 4.98 Å². The molecule has 0 bridgehead atoms. The van der Waals surface area contributed by atoms with Gasteiger partial charge in [0.15, 0.2) is 0 Å². The Labute approximate surface area is 89.6 Å². The average molecular weight is 212 g/mol. The minimum Gasteiger partial charge on any atom is -0.392 e. The molecule has 1 rings (SSSR count). The normalized spacial score (nSPS) is 10.4. The van der Waals surface area contributed by atoms with Gasteiger partial charge in [-0.15, -0.1) is 0 Å². The zero-order valence-corrected chi connectivity index (χ0v) is 9.20. The van der Waals surface area contributed by atoms with Gasteiger partial charge in [0.2, 0.25) is 0 Å². The van der Waals surface area contributed by atoms with Crippen molar-refractivity contribution in [2.75, 3.05) is 18.0 Å². The molecule has 0 unspecified atom stereocenters. The van der Waals surface area contributed by atoms with Crippen LogP contribution in [0.5, 0.6) is 0 Å². The molecule has 1 aromatic rings. The van der Waals surface area contributed by atoms with Crippen LogP contribution in [0.4, 0.5) is 10.2 Å². The summed E-state index contributed by atoms with van der Waals surface area (Å²) in [5.41, 5.74) is 0.547. The molecule has 0 fully saturated rings. The molecule has 0 amide bonds. The summed E-state index contributed by atoms with van der Waals surface area (Å²) in [6.07, 6.45) is 2.19. The first-order valence-corrected chi connectivity index (χ1v) is 5.23. The average Bonchev–Trinajstić information content (AvgIpc) is 2.26. The third-order valence-electron chi connectivity index (χ3n) is 2.25. The zero-order valence-electron chi connectivity index (χ0n) is 9.20. The van der Waals surface area contributed by atoms with Crippen LogP contribution in [-0.2, 0) is 6.61 Å².